The topological polar surface area (TPSA) is 145 Å². The molecule has 5 aromatic rings. The third-order valence-corrected chi connectivity index (χ3v) is 18.4. The summed E-state index contributed by atoms with van der Waals surface area (Å²) in [7, 11) is -0.314. The molecule has 3 saturated heterocycles. The fourth-order valence-corrected chi connectivity index (χ4v) is 12.5. The van der Waals surface area contributed by atoms with Crippen LogP contribution in [0, 0.1) is 58.2 Å². The lowest BCUT2D eigenvalue weighted by atomic mass is 9.75. The van der Waals surface area contributed by atoms with Crippen LogP contribution in [0.1, 0.15) is 185 Å². The summed E-state index contributed by atoms with van der Waals surface area (Å²) in [5.41, 5.74) is -5.96. The molecule has 3 fully saturated rings. The maximum Gasteiger partial charge on any atom is 0.490 e. The molecule has 5 aliphatic heterocycles. The van der Waals surface area contributed by atoms with E-state index in [1.165, 1.54) is 15.9 Å². The third kappa shape index (κ3) is 29.8. The minimum Gasteiger partial charge on any atom is -0.444 e. The van der Waals surface area contributed by atoms with Crippen molar-refractivity contribution in [2.45, 2.75) is 199 Å². The summed E-state index contributed by atoms with van der Waals surface area (Å²) in [6, 6.07) is 4.26. The van der Waals surface area contributed by atoms with Gasteiger partial charge in [0.15, 0.2) is 0 Å². The summed E-state index contributed by atoms with van der Waals surface area (Å²) < 4.78 is 347. The second-order valence-electron chi connectivity index (χ2n) is 30.8. The number of anilines is 1. The molecule has 5 aromatic carbocycles. The normalized spacial score (nSPS) is 16.9. The number of nitrogens with two attached hydrogens (primary N) is 1. The van der Waals surface area contributed by atoms with Crippen molar-refractivity contribution in [1.29, 1.82) is 0 Å². The molecule has 654 valence electrons. The van der Waals surface area contributed by atoms with E-state index in [1.54, 1.807) is 46.4 Å². The number of carbonyl (C=O) groups excluding carboxylic acids is 3. The van der Waals surface area contributed by atoms with E-state index < -0.39 is 179 Å². The van der Waals surface area contributed by atoms with Crippen molar-refractivity contribution in [3.05, 3.63) is 185 Å². The first kappa shape index (κ1) is 102. The summed E-state index contributed by atoms with van der Waals surface area (Å²) >= 11 is 2.43. The van der Waals surface area contributed by atoms with Gasteiger partial charge in [0.2, 0.25) is 0 Å². The second kappa shape index (κ2) is 39.6. The molecule has 13 nitrogen and oxygen atoms in total. The lowest BCUT2D eigenvalue weighted by Gasteiger charge is -2.34. The molecule has 0 unspecified atom stereocenters. The van der Waals surface area contributed by atoms with Crippen molar-refractivity contribution in [1.82, 2.24) is 20.0 Å². The zero-order valence-corrected chi connectivity index (χ0v) is 67.4. The summed E-state index contributed by atoms with van der Waals surface area (Å²) in [5.74, 6) is -14.6. The molecule has 0 aliphatic carbocycles. The Balaban J connectivity index is 0.000000300. The van der Waals surface area contributed by atoms with E-state index in [0.717, 1.165) is 24.0 Å². The highest BCUT2D eigenvalue weighted by molar-refractivity contribution is 9.10. The predicted octanol–water partition coefficient (Wildman–Crippen LogP) is 23.5. The average molecular weight is 1800 g/mol. The van der Waals surface area contributed by atoms with Crippen LogP contribution in [0.15, 0.2) is 82.8 Å². The Morgan fingerprint density at radius 3 is 1.10 bits per heavy atom. The first-order valence-corrected chi connectivity index (χ1v) is 36.1. The molecule has 117 heavy (non-hydrogen) atoms. The van der Waals surface area contributed by atoms with Crippen molar-refractivity contribution in [2.75, 3.05) is 58.1 Å². The number of nitrogens with one attached hydrogen (secondary N) is 1. The lowest BCUT2D eigenvalue weighted by molar-refractivity contribution is -0.141. The second-order valence-corrected chi connectivity index (χ2v) is 31.7. The zero-order chi connectivity index (χ0) is 88.5. The van der Waals surface area contributed by atoms with Crippen molar-refractivity contribution in [3.63, 3.8) is 0 Å². The van der Waals surface area contributed by atoms with Crippen LogP contribution in [0.2, 0.25) is 0 Å². The lowest BCUT2D eigenvalue weighted by Crippen LogP contribution is -2.41. The molecular weight excluding hydrogens is 1710 g/mol. The number of likely N-dealkylation sites (tertiary alicyclic amines) is 1. The highest BCUT2D eigenvalue weighted by Gasteiger charge is 2.53. The van der Waals surface area contributed by atoms with Crippen LogP contribution >= 0.6 is 28.3 Å². The number of amides is 3. The highest BCUT2D eigenvalue weighted by Crippen LogP contribution is 2.46. The first-order chi connectivity index (χ1) is 52.7. The number of nitrogen functional groups attached to an aromatic ring is 1. The van der Waals surface area contributed by atoms with E-state index in [2.05, 4.69) is 21.2 Å². The van der Waals surface area contributed by atoms with E-state index >= 15 is 0 Å². The Bertz CT molecular complexity index is 4200. The number of hydrogen-bond acceptors (Lipinski definition) is 10. The zero-order valence-electron chi connectivity index (χ0n) is 65.0. The van der Waals surface area contributed by atoms with Crippen LogP contribution in [0.25, 0.3) is 5.57 Å². The molecule has 5 aliphatic rings. The number of hydrogen-bond donors (Lipinski definition) is 2. The van der Waals surface area contributed by atoms with Crippen LogP contribution < -0.4 is 11.1 Å². The number of alkyl halides is 15. The monoisotopic (exact) mass is 1800 g/mol. The fourth-order valence-electron chi connectivity index (χ4n) is 11.9. The van der Waals surface area contributed by atoms with Crippen molar-refractivity contribution in [3.8, 4) is 0 Å². The van der Waals surface area contributed by atoms with Crippen molar-refractivity contribution in [2.24, 2.45) is 0 Å². The Labute approximate surface area is 672 Å². The van der Waals surface area contributed by atoms with Gasteiger partial charge in [-0.25, -0.2) is 58.3 Å². The van der Waals surface area contributed by atoms with Gasteiger partial charge in [-0.05, 0) is 227 Å². The van der Waals surface area contributed by atoms with Gasteiger partial charge in [0, 0.05) is 79.8 Å². The van der Waals surface area contributed by atoms with E-state index in [9.17, 15) is 124 Å². The maximum absolute atomic E-state index is 13.7. The van der Waals surface area contributed by atoms with E-state index in [0.29, 0.717) is 57.2 Å². The maximum atomic E-state index is 13.7. The third-order valence-electron chi connectivity index (χ3n) is 17.8. The van der Waals surface area contributed by atoms with Gasteiger partial charge >= 0.3 is 56.3 Å². The Hall–Kier alpha value is -7.85. The predicted molar refractivity (Wildman–Crippen MR) is 388 cm³/mol. The molecule has 3 N–H and O–H groups in total. The summed E-state index contributed by atoms with van der Waals surface area (Å²) in [4.78, 5) is 40.4. The number of piperidine rings is 2. The van der Waals surface area contributed by atoms with E-state index in [4.69, 9.17) is 29.3 Å². The van der Waals surface area contributed by atoms with Crippen LogP contribution in [0.4, 0.5) is 130 Å². The average Bonchev–Trinajstić information content (AvgIpc) is 1.77. The number of benzene rings is 5. The standard InChI is InChI=1S/C17H20F5NO2.C17H18F5NO2.C16H28BNO4.C12H12F5N.C7H2BrF5.C7H4F5N.ClH/c2*1-16(2,3)25-15(24)23-6-4-10(5-7-23)12-8-11(18)9-13(19)14(12)17(20,21)22;1-14(2,3)20-13(19)18-10-8-12(9-11-18)17-21-15(4,5)16(6,7)22-17;13-8-5-9(7-1-3-18-4-2-7)11(10(14)6-8)12(15,16)17;8-4-1-3(9)2-5(10)6(4)7(11,12)13;8-3-1-4(9)6(5(13)2-3)7(10,11)12;/h8-10H,4-7H2,1-3H3;4,8-9H,5-7H2,1-3H3;8H,9-11H2,1-7H3;5-7,18H,1-4H2;1-2H;1-2H,13H2;1H. The quantitative estimate of drug-likeness (QED) is 0.0772. The molecule has 0 atom stereocenters. The number of nitrogens with zero attached hydrogens (tertiary/aromatic N) is 3. The molecule has 10 rings (SSSR count). The van der Waals surface area contributed by atoms with Crippen LogP contribution in [-0.4, -0.2) is 120 Å². The number of halogens is 27. The molecule has 0 bridgehead atoms. The minimum absolute atomic E-state index is 0. The van der Waals surface area contributed by atoms with Crippen molar-refractivity contribution < 1.29 is 148 Å². The largest absolute Gasteiger partial charge is 0.490 e. The smallest absolute Gasteiger partial charge is 0.444 e. The Morgan fingerprint density at radius 1 is 0.436 bits per heavy atom. The van der Waals surface area contributed by atoms with Gasteiger partial charge in [0.1, 0.15) is 86.1 Å². The minimum atomic E-state index is -4.95. The van der Waals surface area contributed by atoms with Gasteiger partial charge in [-0.3, -0.25) is 0 Å². The summed E-state index contributed by atoms with van der Waals surface area (Å²) in [5, 5.41) is 3.00. The molecule has 0 radical (unpaired) electrons. The fraction of sp³-hybridized carbons (Fsp3) is 0.513. The molecule has 0 saturated carbocycles. The van der Waals surface area contributed by atoms with Gasteiger partial charge in [-0.15, -0.1) is 12.4 Å². The molecular formula is C76H85BBrClF25N5O8. The molecule has 5 heterocycles. The number of carbonyl (C=O) groups is 3. The van der Waals surface area contributed by atoms with E-state index in [-0.39, 0.29) is 124 Å². The number of ether oxygens (including phenoxy) is 3. The van der Waals surface area contributed by atoms with Crippen LogP contribution in [-0.2, 0) is 54.4 Å². The molecule has 0 spiro atoms. The summed E-state index contributed by atoms with van der Waals surface area (Å²) in [6.07, 6.45) is -20.4. The molecule has 41 heteroatoms. The van der Waals surface area contributed by atoms with Gasteiger partial charge < -0.3 is 49.3 Å². The first-order valence-electron chi connectivity index (χ1n) is 35.3. The van der Waals surface area contributed by atoms with Gasteiger partial charge in [0.05, 0.1) is 27.9 Å². The molecule has 0 aromatic heterocycles. The van der Waals surface area contributed by atoms with Crippen LogP contribution in [0.3, 0.4) is 0 Å². The number of rotatable bonds is 4. The van der Waals surface area contributed by atoms with Crippen LogP contribution in [0.5, 0.6) is 0 Å². The highest BCUT2D eigenvalue weighted by atomic mass is 79.9. The van der Waals surface area contributed by atoms with Gasteiger partial charge in [0.25, 0.3) is 0 Å². The van der Waals surface area contributed by atoms with Crippen molar-refractivity contribution >= 4 is 65.0 Å². The Kier molecular flexibility index (Phi) is 34.3. The molecule has 3 amide bonds. The SMILES string of the molecule is CC(C)(C)OC(=O)N1CC=C(B2OC(C)(C)C(C)(C)O2)CC1.CC(C)(C)OC(=O)N1CC=C(c2cc(F)cc(F)c2C(F)(F)F)CC1.CC(C)(C)OC(=O)N1CCC(c2cc(F)cc(F)c2C(F)(F)F)CC1.Cl.Fc1cc(F)c(C(F)(F)F)c(Br)c1.Fc1cc(F)c(C(F)(F)F)c(C2CCNCC2)c1.Nc1cc(F)cc(F)c1C(F)(F)F. The Morgan fingerprint density at radius 2 is 0.761 bits per heavy atom. The van der Waals surface area contributed by atoms with Gasteiger partial charge in [-0.1, -0.05) is 12.2 Å². The van der Waals surface area contributed by atoms with Gasteiger partial charge in [-0.2, -0.15) is 65.9 Å². The summed E-state index contributed by atoms with van der Waals surface area (Å²) in [6.45, 7) is 26.7. The van der Waals surface area contributed by atoms with E-state index in [1.807, 2.05) is 54.5 Å².